The van der Waals surface area contributed by atoms with Gasteiger partial charge < -0.3 is 4.74 Å². The van der Waals surface area contributed by atoms with Crippen molar-refractivity contribution in [1.82, 2.24) is 4.72 Å². The molecule has 0 spiro atoms. The van der Waals surface area contributed by atoms with Crippen LogP contribution in [-0.4, -0.2) is 14.0 Å². The Morgan fingerprint density at radius 1 is 1.04 bits per heavy atom. The van der Waals surface area contributed by atoms with E-state index < -0.39 is 10.0 Å². The van der Waals surface area contributed by atoms with Gasteiger partial charge in [0.15, 0.2) is 0 Å². The molecule has 0 radical (unpaired) electrons. The number of sulfonamides is 1. The van der Waals surface area contributed by atoms with E-state index in [0.29, 0.717) is 6.42 Å². The Kier molecular flexibility index (Phi) is 5.16. The SMILES string of the molecule is CCC1(CC)C[C@@H](NS(=O)(=O)Cc2ccccc2)c2ccccc2O1. The molecule has 2 aromatic rings. The van der Waals surface area contributed by atoms with Gasteiger partial charge in [-0.05, 0) is 24.5 Å². The van der Waals surface area contributed by atoms with Gasteiger partial charge >= 0.3 is 0 Å². The van der Waals surface area contributed by atoms with E-state index in [-0.39, 0.29) is 17.4 Å². The highest BCUT2D eigenvalue weighted by molar-refractivity contribution is 7.88. The molecule has 2 aromatic carbocycles. The molecule has 0 fully saturated rings. The second-order valence-corrected chi connectivity index (χ2v) is 8.40. The van der Waals surface area contributed by atoms with Crippen LogP contribution in [-0.2, 0) is 15.8 Å². The molecule has 0 bridgehead atoms. The zero-order valence-corrected chi connectivity index (χ0v) is 15.6. The Hall–Kier alpha value is -1.85. The molecule has 0 saturated carbocycles. The molecule has 0 aliphatic carbocycles. The lowest BCUT2D eigenvalue weighted by molar-refractivity contribution is 0.0260. The van der Waals surface area contributed by atoms with Crippen molar-refractivity contribution in [1.29, 1.82) is 0 Å². The van der Waals surface area contributed by atoms with E-state index in [1.165, 1.54) is 0 Å². The summed E-state index contributed by atoms with van der Waals surface area (Å²) in [5, 5.41) is 0. The molecule has 0 unspecified atom stereocenters. The van der Waals surface area contributed by atoms with Crippen LogP contribution < -0.4 is 9.46 Å². The maximum Gasteiger partial charge on any atom is 0.216 e. The fourth-order valence-electron chi connectivity index (χ4n) is 3.46. The van der Waals surface area contributed by atoms with Gasteiger partial charge in [-0.2, -0.15) is 0 Å². The van der Waals surface area contributed by atoms with Crippen LogP contribution >= 0.6 is 0 Å². The normalized spacial score (nSPS) is 19.0. The fourth-order valence-corrected chi connectivity index (χ4v) is 4.82. The van der Waals surface area contributed by atoms with Gasteiger partial charge in [0.05, 0.1) is 11.8 Å². The summed E-state index contributed by atoms with van der Waals surface area (Å²) in [5.41, 5.74) is 1.37. The summed E-state index contributed by atoms with van der Waals surface area (Å²) < 4.78 is 34.6. The summed E-state index contributed by atoms with van der Waals surface area (Å²) in [5.74, 6) is 0.767. The van der Waals surface area contributed by atoms with Crippen LogP contribution in [0.15, 0.2) is 54.6 Å². The minimum absolute atomic E-state index is 0.0153. The molecule has 1 N–H and O–H groups in total. The van der Waals surface area contributed by atoms with Crippen molar-refractivity contribution in [2.45, 2.75) is 50.5 Å². The molecule has 1 atom stereocenters. The third-order valence-electron chi connectivity index (χ3n) is 5.01. The summed E-state index contributed by atoms with van der Waals surface area (Å²) in [4.78, 5) is 0. The highest BCUT2D eigenvalue weighted by Crippen LogP contribution is 2.42. The van der Waals surface area contributed by atoms with Crippen molar-refractivity contribution in [3.63, 3.8) is 0 Å². The molecule has 134 valence electrons. The highest BCUT2D eigenvalue weighted by atomic mass is 32.2. The number of rotatable bonds is 6. The van der Waals surface area contributed by atoms with Crippen LogP contribution in [0, 0.1) is 0 Å². The van der Waals surface area contributed by atoms with Crippen molar-refractivity contribution in [3.8, 4) is 5.75 Å². The summed E-state index contributed by atoms with van der Waals surface area (Å²) in [6, 6.07) is 16.7. The third kappa shape index (κ3) is 4.05. The maximum atomic E-state index is 12.7. The average molecular weight is 359 g/mol. The summed E-state index contributed by atoms with van der Waals surface area (Å²) >= 11 is 0. The van der Waals surface area contributed by atoms with E-state index in [4.69, 9.17) is 4.74 Å². The predicted octanol–water partition coefficient (Wildman–Crippen LogP) is 4.19. The Morgan fingerprint density at radius 3 is 2.36 bits per heavy atom. The highest BCUT2D eigenvalue weighted by Gasteiger charge is 2.39. The van der Waals surface area contributed by atoms with Gasteiger partial charge in [-0.1, -0.05) is 62.4 Å². The molecule has 0 aromatic heterocycles. The molecule has 4 nitrogen and oxygen atoms in total. The first kappa shape index (κ1) is 18.0. The molecule has 0 saturated heterocycles. The molecule has 3 rings (SSSR count). The van der Waals surface area contributed by atoms with Crippen molar-refractivity contribution in [2.24, 2.45) is 0 Å². The monoisotopic (exact) mass is 359 g/mol. The predicted molar refractivity (Wildman–Crippen MR) is 99.9 cm³/mol. The first-order chi connectivity index (χ1) is 12.0. The summed E-state index contributed by atoms with van der Waals surface area (Å²) in [7, 11) is -3.45. The van der Waals surface area contributed by atoms with E-state index in [0.717, 1.165) is 29.7 Å². The van der Waals surface area contributed by atoms with Crippen LogP contribution in [0.3, 0.4) is 0 Å². The summed E-state index contributed by atoms with van der Waals surface area (Å²) in [6.45, 7) is 4.18. The van der Waals surface area contributed by atoms with E-state index >= 15 is 0 Å². The molecular formula is C20H25NO3S. The largest absolute Gasteiger partial charge is 0.487 e. The minimum atomic E-state index is -3.45. The van der Waals surface area contributed by atoms with E-state index in [9.17, 15) is 8.42 Å². The fraction of sp³-hybridized carbons (Fsp3) is 0.400. The van der Waals surface area contributed by atoms with E-state index in [1.54, 1.807) is 0 Å². The van der Waals surface area contributed by atoms with Gasteiger partial charge in [-0.3, -0.25) is 0 Å². The van der Waals surface area contributed by atoms with Crippen LogP contribution in [0.4, 0.5) is 0 Å². The number of hydrogen-bond donors (Lipinski definition) is 1. The Labute approximate surface area is 150 Å². The standard InChI is InChI=1S/C20H25NO3S/c1-3-20(4-2)14-18(17-12-8-9-13-19(17)24-20)21-25(22,23)15-16-10-6-5-7-11-16/h5-13,18,21H,3-4,14-15H2,1-2H3/t18-/m1/s1. The first-order valence-corrected chi connectivity index (χ1v) is 10.4. The second-order valence-electron chi connectivity index (χ2n) is 6.65. The number of benzene rings is 2. The van der Waals surface area contributed by atoms with Crippen molar-refractivity contribution in [3.05, 3.63) is 65.7 Å². The van der Waals surface area contributed by atoms with Gasteiger partial charge in [0.25, 0.3) is 0 Å². The summed E-state index contributed by atoms with van der Waals surface area (Å²) in [6.07, 6.45) is 2.33. The van der Waals surface area contributed by atoms with Crippen LogP contribution in [0.5, 0.6) is 5.75 Å². The zero-order valence-electron chi connectivity index (χ0n) is 14.7. The van der Waals surface area contributed by atoms with Crippen molar-refractivity contribution in [2.75, 3.05) is 0 Å². The zero-order chi connectivity index (χ0) is 17.9. The lowest BCUT2D eigenvalue weighted by Gasteiger charge is -2.41. The molecule has 5 heteroatoms. The number of nitrogens with one attached hydrogen (secondary N) is 1. The van der Waals surface area contributed by atoms with Gasteiger partial charge in [0.1, 0.15) is 11.4 Å². The van der Waals surface area contributed by atoms with E-state index in [2.05, 4.69) is 18.6 Å². The lowest BCUT2D eigenvalue weighted by atomic mass is 9.84. The van der Waals surface area contributed by atoms with E-state index in [1.807, 2.05) is 54.6 Å². The van der Waals surface area contributed by atoms with Crippen molar-refractivity contribution < 1.29 is 13.2 Å². The van der Waals surface area contributed by atoms with Gasteiger partial charge in [0, 0.05) is 12.0 Å². The van der Waals surface area contributed by atoms with Crippen LogP contribution in [0.2, 0.25) is 0 Å². The second kappa shape index (κ2) is 7.18. The average Bonchev–Trinajstić information content (AvgIpc) is 2.61. The quantitative estimate of drug-likeness (QED) is 0.841. The molecule has 1 aliphatic rings. The topological polar surface area (TPSA) is 55.4 Å². The Bertz CT molecular complexity index is 814. The number of hydrogen-bond acceptors (Lipinski definition) is 3. The number of para-hydroxylation sites is 1. The minimum Gasteiger partial charge on any atom is -0.487 e. The third-order valence-corrected chi connectivity index (χ3v) is 6.36. The molecule has 1 heterocycles. The first-order valence-electron chi connectivity index (χ1n) is 8.79. The molecular weight excluding hydrogens is 334 g/mol. The van der Waals surface area contributed by atoms with Gasteiger partial charge in [-0.15, -0.1) is 0 Å². The van der Waals surface area contributed by atoms with Gasteiger partial charge in [-0.25, -0.2) is 13.1 Å². The van der Waals surface area contributed by atoms with Crippen molar-refractivity contribution >= 4 is 10.0 Å². The maximum absolute atomic E-state index is 12.7. The number of fused-ring (bicyclic) bond motifs is 1. The molecule has 0 amide bonds. The molecule has 1 aliphatic heterocycles. The Balaban J connectivity index is 1.87. The molecule has 25 heavy (non-hydrogen) atoms. The van der Waals surface area contributed by atoms with Crippen LogP contribution in [0.1, 0.15) is 50.3 Å². The Morgan fingerprint density at radius 2 is 1.68 bits per heavy atom. The lowest BCUT2D eigenvalue weighted by Crippen LogP contribution is -2.44. The smallest absolute Gasteiger partial charge is 0.216 e. The van der Waals surface area contributed by atoms with Crippen LogP contribution in [0.25, 0.3) is 0 Å². The van der Waals surface area contributed by atoms with Gasteiger partial charge in [0.2, 0.25) is 10.0 Å². The number of ether oxygens (including phenoxy) is 1.